The normalized spacial score (nSPS) is 10.8. The number of hydrogen-bond donors (Lipinski definition) is 1. The lowest BCUT2D eigenvalue weighted by Crippen LogP contribution is -2.37. The van der Waals surface area contributed by atoms with Gasteiger partial charge in [0, 0.05) is 13.0 Å². The van der Waals surface area contributed by atoms with Crippen LogP contribution in [-0.2, 0) is 17.6 Å². The third kappa shape index (κ3) is 5.65. The summed E-state index contributed by atoms with van der Waals surface area (Å²) in [4.78, 5) is 12.9. The number of alkyl halides is 2. The summed E-state index contributed by atoms with van der Waals surface area (Å²) < 4.78 is 24.7. The van der Waals surface area contributed by atoms with E-state index in [0.29, 0.717) is 6.42 Å². The summed E-state index contributed by atoms with van der Waals surface area (Å²) in [7, 11) is 0. The lowest BCUT2D eigenvalue weighted by Gasteiger charge is -2.21. The van der Waals surface area contributed by atoms with Crippen molar-refractivity contribution in [2.75, 3.05) is 19.7 Å². The predicted octanol–water partition coefficient (Wildman–Crippen LogP) is 2.27. The standard InChI is InChI=1S/C15H21F2NO2/c1-2-12-3-5-13(6-4-12)7-8-15(20)18(9-10-19)11-14(16)17/h3-6,14,19H,2,7-11H2,1H3. The largest absolute Gasteiger partial charge is 0.395 e. The molecule has 1 aromatic rings. The number of aliphatic hydroxyl groups is 1. The molecule has 0 aliphatic carbocycles. The molecule has 0 unspecified atom stereocenters. The van der Waals surface area contributed by atoms with Crippen LogP contribution in [0.2, 0.25) is 0 Å². The van der Waals surface area contributed by atoms with E-state index in [2.05, 4.69) is 6.92 Å². The minimum atomic E-state index is -2.57. The SMILES string of the molecule is CCc1ccc(CCC(=O)N(CCO)CC(F)F)cc1. The fraction of sp³-hybridized carbons (Fsp3) is 0.533. The molecule has 0 aliphatic heterocycles. The van der Waals surface area contributed by atoms with Gasteiger partial charge in [0.25, 0.3) is 6.43 Å². The molecule has 0 radical (unpaired) electrons. The number of carbonyl (C=O) groups is 1. The van der Waals surface area contributed by atoms with Gasteiger partial charge in [-0.1, -0.05) is 31.2 Å². The van der Waals surface area contributed by atoms with Crippen molar-refractivity contribution in [1.29, 1.82) is 0 Å². The first kappa shape index (κ1) is 16.6. The monoisotopic (exact) mass is 285 g/mol. The van der Waals surface area contributed by atoms with Crippen LogP contribution in [0.1, 0.15) is 24.5 Å². The Morgan fingerprint density at radius 3 is 2.35 bits per heavy atom. The molecule has 0 bridgehead atoms. The Kier molecular flexibility index (Phi) is 7.15. The second-order valence-corrected chi connectivity index (χ2v) is 4.62. The minimum absolute atomic E-state index is 0.0437. The average Bonchev–Trinajstić information content (AvgIpc) is 2.44. The van der Waals surface area contributed by atoms with Gasteiger partial charge in [-0.15, -0.1) is 0 Å². The number of nitrogens with zero attached hydrogens (tertiary/aromatic N) is 1. The van der Waals surface area contributed by atoms with Crippen LogP contribution in [0.25, 0.3) is 0 Å². The Bertz CT molecular complexity index is 407. The summed E-state index contributed by atoms with van der Waals surface area (Å²) >= 11 is 0. The lowest BCUT2D eigenvalue weighted by molar-refractivity contribution is -0.133. The molecule has 0 atom stereocenters. The third-order valence-corrected chi connectivity index (χ3v) is 3.14. The Balaban J connectivity index is 2.50. The molecular weight excluding hydrogens is 264 g/mol. The van der Waals surface area contributed by atoms with Gasteiger partial charge in [0.1, 0.15) is 0 Å². The van der Waals surface area contributed by atoms with E-state index in [4.69, 9.17) is 5.11 Å². The van der Waals surface area contributed by atoms with Crippen LogP contribution in [0.4, 0.5) is 8.78 Å². The van der Waals surface area contributed by atoms with E-state index in [-0.39, 0.29) is 25.5 Å². The molecule has 0 heterocycles. The number of hydrogen-bond acceptors (Lipinski definition) is 2. The molecule has 20 heavy (non-hydrogen) atoms. The van der Waals surface area contributed by atoms with E-state index < -0.39 is 13.0 Å². The fourth-order valence-corrected chi connectivity index (χ4v) is 1.96. The molecular formula is C15H21F2NO2. The first-order valence-electron chi connectivity index (χ1n) is 6.81. The van der Waals surface area contributed by atoms with Crippen LogP contribution in [0, 0.1) is 0 Å². The van der Waals surface area contributed by atoms with Gasteiger partial charge in [-0.25, -0.2) is 8.78 Å². The summed E-state index contributed by atoms with van der Waals surface area (Å²) in [5, 5.41) is 8.80. The van der Waals surface area contributed by atoms with E-state index in [1.54, 1.807) is 0 Å². The van der Waals surface area contributed by atoms with Crippen molar-refractivity contribution >= 4 is 5.91 Å². The minimum Gasteiger partial charge on any atom is -0.395 e. The van der Waals surface area contributed by atoms with Gasteiger partial charge in [0.05, 0.1) is 13.2 Å². The molecule has 0 saturated heterocycles. The zero-order valence-electron chi connectivity index (χ0n) is 11.7. The molecule has 0 aromatic heterocycles. The molecule has 5 heteroatoms. The van der Waals surface area contributed by atoms with E-state index >= 15 is 0 Å². The van der Waals surface area contributed by atoms with E-state index in [9.17, 15) is 13.6 Å². The Hall–Kier alpha value is -1.49. The summed E-state index contributed by atoms with van der Waals surface area (Å²) in [6.07, 6.45) is -0.918. The molecule has 1 rings (SSSR count). The molecule has 112 valence electrons. The van der Waals surface area contributed by atoms with Gasteiger partial charge in [0.15, 0.2) is 0 Å². The maximum Gasteiger partial charge on any atom is 0.255 e. The maximum absolute atomic E-state index is 12.3. The van der Waals surface area contributed by atoms with Crippen molar-refractivity contribution in [3.8, 4) is 0 Å². The highest BCUT2D eigenvalue weighted by molar-refractivity contribution is 5.76. The first-order valence-corrected chi connectivity index (χ1v) is 6.81. The van der Waals surface area contributed by atoms with Crippen molar-refractivity contribution in [3.63, 3.8) is 0 Å². The molecule has 1 amide bonds. The van der Waals surface area contributed by atoms with Gasteiger partial charge in [0.2, 0.25) is 5.91 Å². The number of aliphatic hydroxyl groups excluding tert-OH is 1. The molecule has 3 nitrogen and oxygen atoms in total. The van der Waals surface area contributed by atoms with E-state index in [1.165, 1.54) is 5.56 Å². The molecule has 0 fully saturated rings. The zero-order valence-corrected chi connectivity index (χ0v) is 11.7. The predicted molar refractivity (Wildman–Crippen MR) is 73.8 cm³/mol. The maximum atomic E-state index is 12.3. The molecule has 1 aromatic carbocycles. The Morgan fingerprint density at radius 1 is 1.25 bits per heavy atom. The van der Waals surface area contributed by atoms with Crippen LogP contribution in [0.3, 0.4) is 0 Å². The number of amides is 1. The first-order chi connectivity index (χ1) is 9.56. The summed E-state index contributed by atoms with van der Waals surface area (Å²) in [5.41, 5.74) is 2.23. The van der Waals surface area contributed by atoms with Crippen LogP contribution >= 0.6 is 0 Å². The quantitative estimate of drug-likeness (QED) is 0.796. The van der Waals surface area contributed by atoms with Gasteiger partial charge >= 0.3 is 0 Å². The number of benzene rings is 1. The van der Waals surface area contributed by atoms with Crippen LogP contribution in [-0.4, -0.2) is 42.0 Å². The van der Waals surface area contributed by atoms with Crippen LogP contribution in [0.15, 0.2) is 24.3 Å². The summed E-state index contributed by atoms with van der Waals surface area (Å²) in [6, 6.07) is 7.92. The lowest BCUT2D eigenvalue weighted by atomic mass is 10.1. The Morgan fingerprint density at radius 2 is 1.85 bits per heavy atom. The fourth-order valence-electron chi connectivity index (χ4n) is 1.96. The number of rotatable bonds is 8. The van der Waals surface area contributed by atoms with Gasteiger partial charge in [-0.2, -0.15) is 0 Å². The number of aryl methyl sites for hydroxylation is 2. The smallest absolute Gasteiger partial charge is 0.255 e. The van der Waals surface area contributed by atoms with Gasteiger partial charge < -0.3 is 10.0 Å². The highest BCUT2D eigenvalue weighted by Gasteiger charge is 2.17. The van der Waals surface area contributed by atoms with E-state index in [1.807, 2.05) is 24.3 Å². The van der Waals surface area contributed by atoms with Crippen LogP contribution in [0.5, 0.6) is 0 Å². The van der Waals surface area contributed by atoms with Gasteiger partial charge in [-0.05, 0) is 24.0 Å². The molecule has 0 spiro atoms. The second-order valence-electron chi connectivity index (χ2n) is 4.62. The topological polar surface area (TPSA) is 40.5 Å². The molecule has 0 saturated carbocycles. The highest BCUT2D eigenvalue weighted by atomic mass is 19.3. The van der Waals surface area contributed by atoms with Crippen molar-refractivity contribution in [1.82, 2.24) is 4.90 Å². The van der Waals surface area contributed by atoms with Crippen molar-refractivity contribution in [2.45, 2.75) is 32.6 Å². The Labute approximate surface area is 118 Å². The number of carbonyl (C=O) groups excluding carboxylic acids is 1. The van der Waals surface area contributed by atoms with Crippen molar-refractivity contribution in [2.24, 2.45) is 0 Å². The number of halogens is 2. The second kappa shape index (κ2) is 8.64. The van der Waals surface area contributed by atoms with Crippen molar-refractivity contribution < 1.29 is 18.7 Å². The van der Waals surface area contributed by atoms with Crippen molar-refractivity contribution in [3.05, 3.63) is 35.4 Å². The van der Waals surface area contributed by atoms with Crippen LogP contribution < -0.4 is 0 Å². The average molecular weight is 285 g/mol. The summed E-state index contributed by atoms with van der Waals surface area (Å²) in [6.45, 7) is 1.10. The zero-order chi connectivity index (χ0) is 15.0. The highest BCUT2D eigenvalue weighted by Crippen LogP contribution is 2.09. The third-order valence-electron chi connectivity index (χ3n) is 3.14. The molecule has 0 aliphatic rings. The van der Waals surface area contributed by atoms with Gasteiger partial charge in [-0.3, -0.25) is 4.79 Å². The molecule has 1 N–H and O–H groups in total. The summed E-state index contributed by atoms with van der Waals surface area (Å²) in [5.74, 6) is -0.348. The van der Waals surface area contributed by atoms with E-state index in [0.717, 1.165) is 16.9 Å².